The lowest BCUT2D eigenvalue weighted by molar-refractivity contribution is 0.420. The zero-order chi connectivity index (χ0) is 19.8. The maximum Gasteiger partial charge on any atom is 0.241 e. The quantitative estimate of drug-likeness (QED) is 0.666. The molecule has 5 nitrogen and oxygen atoms in total. The van der Waals surface area contributed by atoms with Gasteiger partial charge in [-0.15, -0.1) is 0 Å². The van der Waals surface area contributed by atoms with Crippen LogP contribution in [0.3, 0.4) is 0 Å². The third-order valence-electron chi connectivity index (χ3n) is 5.09. The third-order valence-corrected chi connectivity index (χ3v) is 5.33. The number of nitrogens with two attached hydrogens (primary N) is 1. The summed E-state index contributed by atoms with van der Waals surface area (Å²) in [5.41, 5.74) is 11.4. The molecular formula is C22H19ClN4O. The van der Waals surface area contributed by atoms with E-state index in [0.29, 0.717) is 22.3 Å². The van der Waals surface area contributed by atoms with Crippen LogP contribution in [0, 0.1) is 18.3 Å². The molecule has 6 heteroatoms. The molecule has 0 spiro atoms. The summed E-state index contributed by atoms with van der Waals surface area (Å²) >= 11 is 6.21. The Kier molecular flexibility index (Phi) is 4.58. The molecule has 1 unspecified atom stereocenters. The third kappa shape index (κ3) is 2.83. The Labute approximate surface area is 168 Å². The highest BCUT2D eigenvalue weighted by molar-refractivity contribution is 6.30. The molecule has 1 aliphatic rings. The first-order valence-electron chi connectivity index (χ1n) is 9.05. The number of nitriles is 1. The molecule has 0 radical (unpaired) electrons. The smallest absolute Gasteiger partial charge is 0.241 e. The number of halogens is 1. The normalized spacial score (nSPS) is 16.1. The Hall–Kier alpha value is -3.23. The van der Waals surface area contributed by atoms with Gasteiger partial charge in [0.25, 0.3) is 0 Å². The van der Waals surface area contributed by atoms with Gasteiger partial charge in [-0.1, -0.05) is 47.9 Å². The Morgan fingerprint density at radius 3 is 2.64 bits per heavy atom. The summed E-state index contributed by atoms with van der Waals surface area (Å²) in [6.07, 6.45) is 0.943. The molecular weight excluding hydrogens is 372 g/mol. The van der Waals surface area contributed by atoms with Crippen molar-refractivity contribution in [2.45, 2.75) is 26.2 Å². The number of aryl methyl sites for hydroxylation is 2. The van der Waals surface area contributed by atoms with Gasteiger partial charge in [0.05, 0.1) is 34.5 Å². The zero-order valence-electron chi connectivity index (χ0n) is 15.6. The van der Waals surface area contributed by atoms with Gasteiger partial charge in [-0.3, -0.25) is 4.90 Å². The monoisotopic (exact) mass is 390 g/mol. The van der Waals surface area contributed by atoms with E-state index in [2.05, 4.69) is 18.1 Å². The molecule has 0 aliphatic carbocycles. The predicted octanol–water partition coefficient (Wildman–Crippen LogP) is 5.18. The molecule has 2 aromatic carbocycles. The zero-order valence-corrected chi connectivity index (χ0v) is 16.4. The van der Waals surface area contributed by atoms with Crippen LogP contribution in [-0.2, 0) is 6.42 Å². The summed E-state index contributed by atoms with van der Waals surface area (Å²) in [7, 11) is 0. The lowest BCUT2D eigenvalue weighted by Gasteiger charge is -2.32. The molecule has 28 heavy (non-hydrogen) atoms. The predicted molar refractivity (Wildman–Crippen MR) is 109 cm³/mol. The molecule has 0 bridgehead atoms. The summed E-state index contributed by atoms with van der Waals surface area (Å²) < 4.78 is 5.67. The summed E-state index contributed by atoms with van der Waals surface area (Å²) in [6, 6.07) is 17.8. The van der Waals surface area contributed by atoms with Crippen LogP contribution in [0.15, 0.2) is 64.4 Å². The van der Waals surface area contributed by atoms with Gasteiger partial charge < -0.3 is 10.3 Å². The highest BCUT2D eigenvalue weighted by Crippen LogP contribution is 2.47. The van der Waals surface area contributed by atoms with Gasteiger partial charge in [-0.2, -0.15) is 5.26 Å². The van der Waals surface area contributed by atoms with E-state index in [4.69, 9.17) is 21.9 Å². The van der Waals surface area contributed by atoms with Gasteiger partial charge in [0.2, 0.25) is 5.88 Å². The average molecular weight is 391 g/mol. The lowest BCUT2D eigenvalue weighted by Crippen LogP contribution is -2.31. The molecule has 1 aliphatic heterocycles. The summed E-state index contributed by atoms with van der Waals surface area (Å²) in [5, 5.41) is 14.7. The van der Waals surface area contributed by atoms with Crippen LogP contribution in [0.2, 0.25) is 5.02 Å². The van der Waals surface area contributed by atoms with Crippen LogP contribution in [0.5, 0.6) is 0 Å². The van der Waals surface area contributed by atoms with Gasteiger partial charge in [-0.25, -0.2) is 0 Å². The largest absolute Gasteiger partial charge is 0.384 e. The van der Waals surface area contributed by atoms with E-state index in [1.54, 1.807) is 11.0 Å². The van der Waals surface area contributed by atoms with Crippen LogP contribution in [0.25, 0.3) is 0 Å². The first-order chi connectivity index (χ1) is 13.5. The first-order valence-corrected chi connectivity index (χ1v) is 9.43. The number of anilines is 2. The molecule has 3 aromatic rings. The number of hydrogen-bond acceptors (Lipinski definition) is 5. The SMILES string of the molecule is CCc1ccc(N2C(N)=C(C#N)C(c3cccc(Cl)c3)c3c(C)noc32)cc1. The number of aromatic nitrogens is 1. The molecule has 2 heterocycles. The van der Waals surface area contributed by atoms with E-state index in [9.17, 15) is 5.26 Å². The molecule has 1 aromatic heterocycles. The van der Waals surface area contributed by atoms with E-state index in [1.165, 1.54) is 5.56 Å². The van der Waals surface area contributed by atoms with Crippen LogP contribution in [-0.4, -0.2) is 5.16 Å². The van der Waals surface area contributed by atoms with E-state index >= 15 is 0 Å². The van der Waals surface area contributed by atoms with Crippen LogP contribution in [0.1, 0.15) is 35.2 Å². The highest BCUT2D eigenvalue weighted by Gasteiger charge is 2.38. The maximum atomic E-state index is 9.96. The average Bonchev–Trinajstić information content (AvgIpc) is 3.08. The molecule has 0 amide bonds. The van der Waals surface area contributed by atoms with Crippen molar-refractivity contribution < 1.29 is 4.52 Å². The molecule has 4 rings (SSSR count). The van der Waals surface area contributed by atoms with Crippen molar-refractivity contribution >= 4 is 23.2 Å². The number of nitrogens with zero attached hydrogens (tertiary/aromatic N) is 3. The number of fused-ring (bicyclic) bond motifs is 1. The Balaban J connectivity index is 1.94. The molecule has 140 valence electrons. The van der Waals surface area contributed by atoms with Gasteiger partial charge in [0, 0.05) is 5.02 Å². The van der Waals surface area contributed by atoms with Gasteiger partial charge in [0.15, 0.2) is 0 Å². The van der Waals surface area contributed by atoms with Gasteiger partial charge >= 0.3 is 0 Å². The second kappa shape index (κ2) is 7.06. The fourth-order valence-corrected chi connectivity index (χ4v) is 3.86. The van der Waals surface area contributed by atoms with E-state index in [-0.39, 0.29) is 5.92 Å². The minimum Gasteiger partial charge on any atom is -0.384 e. The summed E-state index contributed by atoms with van der Waals surface area (Å²) in [5.74, 6) is 0.486. The number of rotatable bonds is 3. The Morgan fingerprint density at radius 1 is 1.25 bits per heavy atom. The van der Waals surface area contributed by atoms with E-state index < -0.39 is 0 Å². The summed E-state index contributed by atoms with van der Waals surface area (Å²) in [4.78, 5) is 1.76. The fourth-order valence-electron chi connectivity index (χ4n) is 3.66. The van der Waals surface area contributed by atoms with Crippen molar-refractivity contribution in [2.75, 3.05) is 4.90 Å². The van der Waals surface area contributed by atoms with Crippen LogP contribution >= 0.6 is 11.6 Å². The maximum absolute atomic E-state index is 9.96. The fraction of sp³-hybridized carbons (Fsp3) is 0.182. The molecule has 0 saturated heterocycles. The van der Waals surface area contributed by atoms with Gasteiger partial charge in [0.1, 0.15) is 5.82 Å². The Morgan fingerprint density at radius 2 is 2.00 bits per heavy atom. The molecule has 0 saturated carbocycles. The highest BCUT2D eigenvalue weighted by atomic mass is 35.5. The molecule has 2 N–H and O–H groups in total. The van der Waals surface area contributed by atoms with E-state index in [1.807, 2.05) is 49.4 Å². The van der Waals surface area contributed by atoms with Crippen molar-refractivity contribution in [1.29, 1.82) is 5.26 Å². The molecule has 0 fully saturated rings. The van der Waals surface area contributed by atoms with Crippen LogP contribution < -0.4 is 10.6 Å². The second-order valence-electron chi connectivity index (χ2n) is 6.74. The topological polar surface area (TPSA) is 79.1 Å². The van der Waals surface area contributed by atoms with Crippen molar-refractivity contribution in [3.05, 3.63) is 87.3 Å². The van der Waals surface area contributed by atoms with Crippen molar-refractivity contribution in [1.82, 2.24) is 5.16 Å². The molecule has 1 atom stereocenters. The first kappa shape index (κ1) is 18.1. The number of allylic oxidation sites excluding steroid dienone is 1. The van der Waals surface area contributed by atoms with Crippen molar-refractivity contribution in [3.63, 3.8) is 0 Å². The van der Waals surface area contributed by atoms with Crippen molar-refractivity contribution in [2.24, 2.45) is 5.73 Å². The van der Waals surface area contributed by atoms with Crippen molar-refractivity contribution in [3.8, 4) is 6.07 Å². The minimum absolute atomic E-state index is 0.334. The minimum atomic E-state index is -0.379. The Bertz CT molecular complexity index is 1110. The second-order valence-corrected chi connectivity index (χ2v) is 7.18. The number of benzene rings is 2. The van der Waals surface area contributed by atoms with Gasteiger partial charge in [-0.05, 0) is 48.7 Å². The van der Waals surface area contributed by atoms with Crippen LogP contribution in [0.4, 0.5) is 11.6 Å². The standard InChI is InChI=1S/C22H19ClN4O/c1-3-14-7-9-17(10-8-14)27-21(25)18(12-24)20(15-5-4-6-16(23)11-15)19-13(2)26-28-22(19)27/h4-11,20H,3,25H2,1-2H3. The van der Waals surface area contributed by atoms with E-state index in [0.717, 1.165) is 28.9 Å². The lowest BCUT2D eigenvalue weighted by atomic mass is 9.82. The summed E-state index contributed by atoms with van der Waals surface area (Å²) in [6.45, 7) is 3.97. The number of hydrogen-bond donors (Lipinski definition) is 1.